The largest absolute Gasteiger partial charge is 0.472 e. The number of allylic oxidation sites excluding steroid dienone is 1. The Morgan fingerprint density at radius 1 is 1.42 bits per heavy atom. The van der Waals surface area contributed by atoms with Gasteiger partial charge in [0.05, 0.1) is 24.5 Å². The van der Waals surface area contributed by atoms with Gasteiger partial charge in [0.15, 0.2) is 0 Å². The number of esters is 1. The maximum Gasteiger partial charge on any atom is 0.314 e. The van der Waals surface area contributed by atoms with Crippen molar-refractivity contribution in [2.24, 2.45) is 11.8 Å². The van der Waals surface area contributed by atoms with Crippen LogP contribution in [0.5, 0.6) is 0 Å². The Hall–Kier alpha value is -1.59. The number of rotatable bonds is 11. The highest BCUT2D eigenvalue weighted by molar-refractivity contribution is 5.76. The summed E-state index contributed by atoms with van der Waals surface area (Å²) in [6.45, 7) is 4.26. The van der Waals surface area contributed by atoms with E-state index in [0.717, 1.165) is 44.9 Å². The van der Waals surface area contributed by atoms with Gasteiger partial charge in [0.2, 0.25) is 6.29 Å². The first-order chi connectivity index (χ1) is 12.5. The van der Waals surface area contributed by atoms with Crippen LogP contribution in [0.4, 0.5) is 0 Å². The van der Waals surface area contributed by atoms with Crippen molar-refractivity contribution >= 4 is 5.97 Å². The molecule has 26 heavy (non-hydrogen) atoms. The lowest BCUT2D eigenvalue weighted by molar-refractivity contribution is -0.151. The average molecular weight is 362 g/mol. The summed E-state index contributed by atoms with van der Waals surface area (Å²) in [6, 6.07) is 1.99. The van der Waals surface area contributed by atoms with Gasteiger partial charge in [-0.25, -0.2) is 0 Å². The molecule has 0 unspecified atom stereocenters. The summed E-state index contributed by atoms with van der Waals surface area (Å²) in [5.74, 6) is 0.268. The molecule has 0 amide bonds. The van der Waals surface area contributed by atoms with Crippen LogP contribution in [-0.2, 0) is 20.7 Å². The van der Waals surface area contributed by atoms with E-state index in [1.807, 2.05) is 6.07 Å². The van der Waals surface area contributed by atoms with Crippen LogP contribution in [0, 0.1) is 11.8 Å². The predicted octanol–water partition coefficient (Wildman–Crippen LogP) is 4.00. The van der Waals surface area contributed by atoms with Crippen molar-refractivity contribution in [3.05, 3.63) is 35.8 Å². The molecule has 3 rings (SSSR count). The maximum atomic E-state index is 11.6. The average Bonchev–Trinajstić information content (AvgIpc) is 3.00. The normalized spacial score (nSPS) is 27.1. The molecule has 0 aromatic carbocycles. The Balaban J connectivity index is 1.28. The second-order valence-electron chi connectivity index (χ2n) is 7.86. The van der Waals surface area contributed by atoms with E-state index in [2.05, 4.69) is 19.9 Å². The van der Waals surface area contributed by atoms with Gasteiger partial charge in [-0.1, -0.05) is 31.4 Å². The molecule has 2 aliphatic rings. The fourth-order valence-corrected chi connectivity index (χ4v) is 3.83. The lowest BCUT2D eigenvalue weighted by atomic mass is 9.91. The molecule has 0 radical (unpaired) electrons. The molecule has 0 saturated carbocycles. The Kier molecular flexibility index (Phi) is 6.54. The number of carbonyl (C=O) groups excluding carboxylic acids is 1. The van der Waals surface area contributed by atoms with Crippen LogP contribution in [-0.4, -0.2) is 29.6 Å². The van der Waals surface area contributed by atoms with Crippen molar-refractivity contribution in [2.75, 3.05) is 0 Å². The minimum Gasteiger partial charge on any atom is -0.472 e. The number of fused-ring (bicyclic) bond motifs is 1. The number of hydrogen-bond donors (Lipinski definition) is 1. The quantitative estimate of drug-likeness (QED) is 0.366. The first kappa shape index (κ1) is 19.2. The minimum atomic E-state index is -0.303. The summed E-state index contributed by atoms with van der Waals surface area (Å²) in [6.07, 6.45) is 11.4. The molecule has 0 aliphatic carbocycles. The van der Waals surface area contributed by atoms with Crippen LogP contribution in [0.2, 0.25) is 0 Å². The van der Waals surface area contributed by atoms with Gasteiger partial charge < -0.3 is 19.0 Å². The molecule has 3 heterocycles. The molecule has 1 aromatic rings. The zero-order chi connectivity index (χ0) is 18.5. The van der Waals surface area contributed by atoms with E-state index >= 15 is 0 Å². The van der Waals surface area contributed by atoms with Crippen molar-refractivity contribution < 1.29 is 23.8 Å². The molecule has 5 atom stereocenters. The summed E-state index contributed by atoms with van der Waals surface area (Å²) in [5.41, 5.74) is 2.44. The molecule has 2 fully saturated rings. The summed E-state index contributed by atoms with van der Waals surface area (Å²) < 4.78 is 15.4. The second kappa shape index (κ2) is 8.87. The van der Waals surface area contributed by atoms with Gasteiger partial charge in [-0.3, -0.25) is 4.79 Å². The zero-order valence-electron chi connectivity index (χ0n) is 15.7. The number of carbonyl (C=O) groups is 1. The lowest BCUT2D eigenvalue weighted by Gasteiger charge is -2.17. The van der Waals surface area contributed by atoms with E-state index in [0.29, 0.717) is 5.92 Å². The molecule has 1 aromatic heterocycles. The number of aliphatic hydroxyl groups excluding tert-OH is 1. The molecule has 1 N–H and O–H groups in total. The van der Waals surface area contributed by atoms with Crippen LogP contribution < -0.4 is 0 Å². The topological polar surface area (TPSA) is 72.2 Å². The fraction of sp³-hybridized carbons (Fsp3) is 0.667. The first-order valence-corrected chi connectivity index (χ1v) is 9.73. The van der Waals surface area contributed by atoms with Crippen molar-refractivity contribution in [1.29, 1.82) is 0 Å². The van der Waals surface area contributed by atoms with Gasteiger partial charge in [-0.15, -0.1) is 0 Å². The van der Waals surface area contributed by atoms with Gasteiger partial charge in [0.1, 0.15) is 6.10 Å². The first-order valence-electron chi connectivity index (χ1n) is 9.73. The van der Waals surface area contributed by atoms with Crippen molar-refractivity contribution in [3.63, 3.8) is 0 Å². The predicted molar refractivity (Wildman–Crippen MR) is 97.3 cm³/mol. The van der Waals surface area contributed by atoms with E-state index in [1.165, 1.54) is 11.1 Å². The van der Waals surface area contributed by atoms with Crippen molar-refractivity contribution in [3.8, 4) is 0 Å². The standard InChI is InChI=1S/C21H30O5/c1-14(5-3-7-16-9-10-24-13-16)11-17(22)12-15(2)6-4-8-18-19-21(25-19)26-20(18)23/h5,9-10,13,15,17-19,21-22H,3-4,6-8,11-12H2,1-2H3/t15-,17+,18+,19+,21-/m0/s1. The van der Waals surface area contributed by atoms with Gasteiger partial charge in [-0.2, -0.15) is 0 Å². The summed E-state index contributed by atoms with van der Waals surface area (Å²) in [5, 5.41) is 10.3. The Labute approximate surface area is 155 Å². The highest BCUT2D eigenvalue weighted by Gasteiger charge is 2.57. The highest BCUT2D eigenvalue weighted by Crippen LogP contribution is 2.41. The molecule has 5 heteroatoms. The molecular formula is C21H30O5. The molecule has 5 nitrogen and oxygen atoms in total. The number of ether oxygens (including phenoxy) is 2. The number of furan rings is 1. The zero-order valence-corrected chi connectivity index (χ0v) is 15.7. The number of aliphatic hydroxyl groups is 1. The van der Waals surface area contributed by atoms with E-state index in [-0.39, 0.29) is 30.4 Å². The van der Waals surface area contributed by atoms with Gasteiger partial charge in [0, 0.05) is 0 Å². The molecule has 2 aliphatic heterocycles. The van der Waals surface area contributed by atoms with Crippen LogP contribution in [0.15, 0.2) is 34.7 Å². The smallest absolute Gasteiger partial charge is 0.314 e. The summed E-state index contributed by atoms with van der Waals surface area (Å²) in [7, 11) is 0. The number of aryl methyl sites for hydroxylation is 1. The van der Waals surface area contributed by atoms with Gasteiger partial charge in [0.25, 0.3) is 0 Å². The monoisotopic (exact) mass is 362 g/mol. The molecule has 0 spiro atoms. The maximum absolute atomic E-state index is 11.6. The Morgan fingerprint density at radius 2 is 2.27 bits per heavy atom. The van der Waals surface area contributed by atoms with Crippen LogP contribution in [0.1, 0.15) is 57.9 Å². The third-order valence-electron chi connectivity index (χ3n) is 5.36. The van der Waals surface area contributed by atoms with Crippen LogP contribution in [0.3, 0.4) is 0 Å². The number of epoxide rings is 1. The summed E-state index contributed by atoms with van der Waals surface area (Å²) in [4.78, 5) is 11.6. The van der Waals surface area contributed by atoms with E-state index < -0.39 is 0 Å². The summed E-state index contributed by atoms with van der Waals surface area (Å²) >= 11 is 0. The van der Waals surface area contributed by atoms with Crippen molar-refractivity contribution in [2.45, 2.75) is 77.3 Å². The molecule has 0 bridgehead atoms. The van der Waals surface area contributed by atoms with E-state index in [4.69, 9.17) is 13.9 Å². The lowest BCUT2D eigenvalue weighted by Crippen LogP contribution is -2.16. The van der Waals surface area contributed by atoms with Crippen molar-refractivity contribution in [1.82, 2.24) is 0 Å². The number of hydrogen-bond acceptors (Lipinski definition) is 5. The third-order valence-corrected chi connectivity index (χ3v) is 5.36. The van der Waals surface area contributed by atoms with Crippen LogP contribution >= 0.6 is 0 Å². The second-order valence-corrected chi connectivity index (χ2v) is 7.86. The molecule has 144 valence electrons. The van der Waals surface area contributed by atoms with E-state index in [1.54, 1.807) is 12.5 Å². The molecule has 2 saturated heterocycles. The Bertz CT molecular complexity index is 606. The van der Waals surface area contributed by atoms with E-state index in [9.17, 15) is 9.90 Å². The fourth-order valence-electron chi connectivity index (χ4n) is 3.83. The highest BCUT2D eigenvalue weighted by atomic mass is 16.8. The van der Waals surface area contributed by atoms with Crippen LogP contribution in [0.25, 0.3) is 0 Å². The van der Waals surface area contributed by atoms with Gasteiger partial charge >= 0.3 is 5.97 Å². The SMILES string of the molecule is CC(=CCCc1ccoc1)C[C@@H](O)C[C@@H](C)CCC[C@H]1C(=O)O[C@@H]2O[C@@H]21. The van der Waals surface area contributed by atoms with Gasteiger partial charge in [-0.05, 0) is 56.6 Å². The Morgan fingerprint density at radius 3 is 2.96 bits per heavy atom. The minimum absolute atomic E-state index is 0.0123. The third kappa shape index (κ3) is 5.45. The molecular weight excluding hydrogens is 332 g/mol.